The van der Waals surface area contributed by atoms with Gasteiger partial charge in [0.05, 0.1) is 9.92 Å². The third-order valence-electron chi connectivity index (χ3n) is 4.95. The van der Waals surface area contributed by atoms with Crippen molar-refractivity contribution in [2.24, 2.45) is 0 Å². The number of hydrogen-bond acceptors (Lipinski definition) is 3. The topological polar surface area (TPSA) is 57.2 Å². The minimum Gasteiger partial charge on any atom is -0.744 e. The first-order chi connectivity index (χ1) is 12.9. The molecule has 0 saturated carbocycles. The molecule has 5 rings (SSSR count). The molecule has 5 aromatic carbocycles. The summed E-state index contributed by atoms with van der Waals surface area (Å²) in [6.45, 7) is 0. The molecule has 0 fully saturated rings. The molecule has 0 aromatic heterocycles. The number of hydrogen-bond donors (Lipinski definition) is 0. The third-order valence-corrected chi connectivity index (χ3v) is 6.32. The van der Waals surface area contributed by atoms with E-state index in [1.165, 1.54) is 6.07 Å². The summed E-state index contributed by atoms with van der Waals surface area (Å²) >= 11 is 6.02. The molecular weight excluding hydrogens is 403 g/mol. The van der Waals surface area contributed by atoms with Crippen molar-refractivity contribution in [1.29, 1.82) is 0 Å². The van der Waals surface area contributed by atoms with Gasteiger partial charge >= 0.3 is 29.6 Å². The van der Waals surface area contributed by atoms with Crippen LogP contribution in [-0.4, -0.2) is 13.0 Å². The summed E-state index contributed by atoms with van der Waals surface area (Å²) in [6.07, 6.45) is 0. The summed E-state index contributed by atoms with van der Waals surface area (Å²) in [5, 5.41) is 7.25. The van der Waals surface area contributed by atoms with Crippen LogP contribution in [0.15, 0.2) is 77.7 Å². The van der Waals surface area contributed by atoms with Gasteiger partial charge < -0.3 is 4.55 Å². The summed E-state index contributed by atoms with van der Waals surface area (Å²) in [5.74, 6) is 0. The Hall–Kier alpha value is -1.66. The van der Waals surface area contributed by atoms with Crippen molar-refractivity contribution in [2.75, 3.05) is 0 Å². The van der Waals surface area contributed by atoms with Gasteiger partial charge in [0.25, 0.3) is 0 Å². The SMILES string of the molecule is O=S(=O)([O-])c1c(Cl)ccc2cc3cc4cc5ccccc5cc4cc3cc12.[Na+]. The van der Waals surface area contributed by atoms with E-state index in [4.69, 9.17) is 11.6 Å². The van der Waals surface area contributed by atoms with Crippen LogP contribution in [0, 0.1) is 0 Å². The summed E-state index contributed by atoms with van der Waals surface area (Å²) in [6, 6.07) is 23.3. The third kappa shape index (κ3) is 3.20. The molecule has 0 radical (unpaired) electrons. The molecule has 0 unspecified atom stereocenters. The van der Waals surface area contributed by atoms with Crippen LogP contribution in [0.5, 0.6) is 0 Å². The average molecular weight is 415 g/mol. The molecule has 0 spiro atoms. The Morgan fingerprint density at radius 3 is 1.64 bits per heavy atom. The summed E-state index contributed by atoms with van der Waals surface area (Å²) < 4.78 is 35.2. The van der Waals surface area contributed by atoms with Crippen molar-refractivity contribution in [3.05, 3.63) is 77.8 Å². The first kappa shape index (κ1) is 19.6. The van der Waals surface area contributed by atoms with Crippen LogP contribution in [0.3, 0.4) is 0 Å². The van der Waals surface area contributed by atoms with E-state index in [2.05, 4.69) is 30.3 Å². The minimum absolute atomic E-state index is 0. The van der Waals surface area contributed by atoms with Gasteiger partial charge in [0, 0.05) is 5.39 Å². The van der Waals surface area contributed by atoms with Crippen LogP contribution >= 0.6 is 11.6 Å². The van der Waals surface area contributed by atoms with E-state index in [-0.39, 0.29) is 39.5 Å². The monoisotopic (exact) mass is 414 g/mol. The van der Waals surface area contributed by atoms with E-state index < -0.39 is 10.1 Å². The van der Waals surface area contributed by atoms with Crippen LogP contribution in [0.25, 0.3) is 43.1 Å². The fourth-order valence-corrected chi connectivity index (χ4v) is 4.92. The van der Waals surface area contributed by atoms with Crippen LogP contribution in [0.2, 0.25) is 5.02 Å². The average Bonchev–Trinajstić information content (AvgIpc) is 2.62. The molecule has 0 aliphatic carbocycles. The molecule has 0 aliphatic rings. The molecule has 0 N–H and O–H groups in total. The largest absolute Gasteiger partial charge is 1.00 e. The van der Waals surface area contributed by atoms with Gasteiger partial charge in [0.2, 0.25) is 0 Å². The van der Waals surface area contributed by atoms with Gasteiger partial charge in [0.1, 0.15) is 10.1 Å². The zero-order valence-corrected chi connectivity index (χ0v) is 18.5. The Morgan fingerprint density at radius 1 is 0.643 bits per heavy atom. The maximum absolute atomic E-state index is 11.7. The van der Waals surface area contributed by atoms with E-state index in [9.17, 15) is 13.0 Å². The summed E-state index contributed by atoms with van der Waals surface area (Å²) in [4.78, 5) is -0.359. The van der Waals surface area contributed by atoms with Crippen molar-refractivity contribution >= 4 is 64.8 Å². The number of rotatable bonds is 1. The predicted molar refractivity (Wildman–Crippen MR) is 109 cm³/mol. The smallest absolute Gasteiger partial charge is 0.744 e. The van der Waals surface area contributed by atoms with Crippen LogP contribution in [-0.2, 0) is 10.1 Å². The van der Waals surface area contributed by atoms with Crippen LogP contribution < -0.4 is 29.6 Å². The van der Waals surface area contributed by atoms with Crippen molar-refractivity contribution < 1.29 is 42.5 Å². The quantitative estimate of drug-likeness (QED) is 0.241. The van der Waals surface area contributed by atoms with Crippen molar-refractivity contribution in [1.82, 2.24) is 0 Å². The molecule has 0 aliphatic heterocycles. The Labute approximate surface area is 189 Å². The van der Waals surface area contributed by atoms with Gasteiger partial charge in [0.15, 0.2) is 0 Å². The second-order valence-corrected chi connectivity index (χ2v) is 8.37. The van der Waals surface area contributed by atoms with Crippen molar-refractivity contribution in [2.45, 2.75) is 4.90 Å². The van der Waals surface area contributed by atoms with Gasteiger partial charge in [-0.3, -0.25) is 0 Å². The summed E-state index contributed by atoms with van der Waals surface area (Å²) in [7, 11) is -4.68. The van der Waals surface area contributed by atoms with E-state index in [0.29, 0.717) is 10.8 Å². The molecule has 0 saturated heterocycles. The van der Waals surface area contributed by atoms with Crippen LogP contribution in [0.4, 0.5) is 0 Å². The van der Waals surface area contributed by atoms with Gasteiger partial charge in [-0.05, 0) is 80.2 Å². The molecule has 132 valence electrons. The predicted octanol–water partition coefficient (Wildman–Crippen LogP) is 2.86. The van der Waals surface area contributed by atoms with Gasteiger partial charge in [-0.15, -0.1) is 0 Å². The Morgan fingerprint density at radius 2 is 1.11 bits per heavy atom. The second kappa shape index (κ2) is 6.99. The van der Waals surface area contributed by atoms with E-state index in [1.54, 1.807) is 12.1 Å². The standard InChI is InChI=1S/C22H13ClO3S.Na/c23-21-6-5-15-9-18-10-16-7-13-3-1-2-4-14(13)8-17(16)11-19(18)12-20(15)22(21)27(24,25)26;/h1-12H,(H,24,25,26);/q;+1/p-1. The molecule has 6 heteroatoms. The zero-order chi connectivity index (χ0) is 18.8. The number of halogens is 1. The molecular formula is C22H12ClNaO3S. The Balaban J connectivity index is 0.00000192. The molecule has 0 heterocycles. The van der Waals surface area contributed by atoms with E-state index in [1.807, 2.05) is 24.3 Å². The molecule has 5 aromatic rings. The number of fused-ring (bicyclic) bond motifs is 4. The Kier molecular flexibility index (Phi) is 4.91. The Bertz CT molecular complexity index is 1510. The normalized spacial score (nSPS) is 11.9. The molecule has 0 amide bonds. The van der Waals surface area contributed by atoms with Gasteiger partial charge in [-0.25, -0.2) is 8.42 Å². The van der Waals surface area contributed by atoms with Gasteiger partial charge in [-0.1, -0.05) is 41.9 Å². The fourth-order valence-electron chi connectivity index (χ4n) is 3.72. The molecule has 0 atom stereocenters. The minimum atomic E-state index is -4.68. The molecule has 3 nitrogen and oxygen atoms in total. The maximum Gasteiger partial charge on any atom is 1.00 e. The second-order valence-electron chi connectivity index (χ2n) is 6.65. The fraction of sp³-hybridized carbons (Fsp3) is 0. The molecule has 0 bridgehead atoms. The summed E-state index contributed by atoms with van der Waals surface area (Å²) in [5.41, 5.74) is 0. The number of benzene rings is 5. The maximum atomic E-state index is 11.7. The first-order valence-corrected chi connectivity index (χ1v) is 10.1. The zero-order valence-electron chi connectivity index (χ0n) is 14.9. The van der Waals surface area contributed by atoms with Crippen molar-refractivity contribution in [3.8, 4) is 0 Å². The first-order valence-electron chi connectivity index (χ1n) is 8.35. The molecule has 28 heavy (non-hydrogen) atoms. The van der Waals surface area contributed by atoms with Crippen LogP contribution in [0.1, 0.15) is 0 Å². The van der Waals surface area contributed by atoms with E-state index >= 15 is 0 Å². The van der Waals surface area contributed by atoms with E-state index in [0.717, 1.165) is 32.3 Å². The van der Waals surface area contributed by atoms with Gasteiger partial charge in [-0.2, -0.15) is 0 Å². The van der Waals surface area contributed by atoms with Crippen molar-refractivity contribution in [3.63, 3.8) is 0 Å².